The standard InChI is InChI=1S/C12H18N2O4S2/c1-12(2,10(15)16)9-6-19-11(14-9)13-5-8-3-4-20(17,18)7-8/h6,8H,3-5,7H2,1-2H3,(H,13,14)(H,15,16). The molecule has 0 aromatic carbocycles. The fourth-order valence-corrected chi connectivity index (χ4v) is 4.77. The number of carbonyl (C=O) groups is 1. The summed E-state index contributed by atoms with van der Waals surface area (Å²) in [5, 5.41) is 14.6. The van der Waals surface area contributed by atoms with Gasteiger partial charge < -0.3 is 10.4 Å². The number of sulfone groups is 1. The van der Waals surface area contributed by atoms with Gasteiger partial charge in [-0.1, -0.05) is 0 Å². The first-order chi connectivity index (χ1) is 9.21. The first-order valence-electron chi connectivity index (χ1n) is 6.34. The summed E-state index contributed by atoms with van der Waals surface area (Å²) in [5.41, 5.74) is -0.510. The first kappa shape index (κ1) is 15.2. The fraction of sp³-hybridized carbons (Fsp3) is 0.667. The van der Waals surface area contributed by atoms with E-state index in [9.17, 15) is 13.2 Å². The van der Waals surface area contributed by atoms with Gasteiger partial charge in [0.15, 0.2) is 15.0 Å². The summed E-state index contributed by atoms with van der Waals surface area (Å²) in [7, 11) is -2.86. The van der Waals surface area contributed by atoms with Crippen LogP contribution in [0.25, 0.3) is 0 Å². The van der Waals surface area contributed by atoms with Gasteiger partial charge in [-0.15, -0.1) is 11.3 Å². The van der Waals surface area contributed by atoms with Crippen molar-refractivity contribution in [3.63, 3.8) is 0 Å². The predicted molar refractivity (Wildman–Crippen MR) is 78.0 cm³/mol. The number of rotatable bonds is 5. The molecule has 1 unspecified atom stereocenters. The minimum atomic E-state index is -2.86. The third kappa shape index (κ3) is 3.29. The maximum atomic E-state index is 11.4. The Kier molecular flexibility index (Phi) is 4.06. The van der Waals surface area contributed by atoms with E-state index < -0.39 is 21.2 Å². The monoisotopic (exact) mass is 318 g/mol. The van der Waals surface area contributed by atoms with Crippen molar-refractivity contribution in [2.75, 3.05) is 23.4 Å². The molecule has 20 heavy (non-hydrogen) atoms. The second kappa shape index (κ2) is 5.33. The Morgan fingerprint density at radius 3 is 2.85 bits per heavy atom. The minimum absolute atomic E-state index is 0.111. The molecule has 0 spiro atoms. The van der Waals surface area contributed by atoms with Gasteiger partial charge in [-0.05, 0) is 26.2 Å². The van der Waals surface area contributed by atoms with Gasteiger partial charge in [-0.25, -0.2) is 13.4 Å². The number of aliphatic carboxylic acids is 1. The van der Waals surface area contributed by atoms with Crippen LogP contribution < -0.4 is 5.32 Å². The number of nitrogens with zero attached hydrogens (tertiary/aromatic N) is 1. The van der Waals surface area contributed by atoms with E-state index in [4.69, 9.17) is 5.11 Å². The van der Waals surface area contributed by atoms with Crippen LogP contribution in [0.4, 0.5) is 5.13 Å². The molecule has 2 heterocycles. The number of carboxylic acids is 1. The molecule has 1 aliphatic heterocycles. The second-order valence-corrected chi connectivity index (χ2v) is 8.70. The van der Waals surface area contributed by atoms with Crippen LogP contribution in [0.1, 0.15) is 26.0 Å². The highest BCUT2D eigenvalue weighted by molar-refractivity contribution is 7.91. The van der Waals surface area contributed by atoms with Crippen LogP contribution in [-0.4, -0.2) is 42.5 Å². The van der Waals surface area contributed by atoms with Gasteiger partial charge in [0.2, 0.25) is 0 Å². The van der Waals surface area contributed by atoms with Gasteiger partial charge in [0.25, 0.3) is 0 Å². The van der Waals surface area contributed by atoms with Crippen LogP contribution in [0.3, 0.4) is 0 Å². The van der Waals surface area contributed by atoms with Crippen LogP contribution in [0.15, 0.2) is 5.38 Å². The van der Waals surface area contributed by atoms with E-state index >= 15 is 0 Å². The lowest BCUT2D eigenvalue weighted by Gasteiger charge is -2.15. The van der Waals surface area contributed by atoms with Gasteiger partial charge in [-0.3, -0.25) is 4.79 Å². The average molecular weight is 318 g/mol. The summed E-state index contributed by atoms with van der Waals surface area (Å²) in [6.45, 7) is 3.77. The molecule has 2 N–H and O–H groups in total. The highest BCUT2D eigenvalue weighted by atomic mass is 32.2. The molecule has 0 bridgehead atoms. The van der Waals surface area contributed by atoms with E-state index in [2.05, 4.69) is 10.3 Å². The van der Waals surface area contributed by atoms with Gasteiger partial charge in [0, 0.05) is 11.9 Å². The summed E-state index contributed by atoms with van der Waals surface area (Å²) >= 11 is 1.34. The van der Waals surface area contributed by atoms with Crippen molar-refractivity contribution >= 4 is 32.3 Å². The molecule has 0 aliphatic carbocycles. The molecule has 8 heteroatoms. The lowest BCUT2D eigenvalue weighted by atomic mass is 9.90. The number of nitrogens with one attached hydrogen (secondary N) is 1. The van der Waals surface area contributed by atoms with E-state index in [0.29, 0.717) is 23.8 Å². The zero-order valence-electron chi connectivity index (χ0n) is 11.4. The van der Waals surface area contributed by atoms with E-state index in [1.54, 1.807) is 19.2 Å². The van der Waals surface area contributed by atoms with E-state index in [1.165, 1.54) is 11.3 Å². The van der Waals surface area contributed by atoms with Crippen molar-refractivity contribution in [2.45, 2.75) is 25.7 Å². The highest BCUT2D eigenvalue weighted by Crippen LogP contribution is 2.28. The number of aromatic nitrogens is 1. The average Bonchev–Trinajstić information content (AvgIpc) is 2.93. The number of hydrogen-bond acceptors (Lipinski definition) is 6. The molecule has 1 aromatic heterocycles. The Labute approximate surface area is 122 Å². The Balaban J connectivity index is 1.96. The number of thiazole rings is 1. The molecule has 0 saturated carbocycles. The lowest BCUT2D eigenvalue weighted by Crippen LogP contribution is -2.28. The Morgan fingerprint density at radius 1 is 1.60 bits per heavy atom. The van der Waals surface area contributed by atoms with Gasteiger partial charge in [-0.2, -0.15) is 0 Å². The molecule has 0 radical (unpaired) electrons. The number of hydrogen-bond donors (Lipinski definition) is 2. The Morgan fingerprint density at radius 2 is 2.30 bits per heavy atom. The Bertz CT molecular complexity index is 607. The van der Waals surface area contributed by atoms with Crippen molar-refractivity contribution in [3.8, 4) is 0 Å². The van der Waals surface area contributed by atoms with E-state index in [0.717, 1.165) is 0 Å². The normalized spacial score (nSPS) is 21.8. The smallest absolute Gasteiger partial charge is 0.315 e. The maximum Gasteiger partial charge on any atom is 0.315 e. The van der Waals surface area contributed by atoms with Crippen LogP contribution in [0.2, 0.25) is 0 Å². The third-order valence-corrected chi connectivity index (χ3v) is 6.18. The topological polar surface area (TPSA) is 96.4 Å². The number of anilines is 1. The van der Waals surface area contributed by atoms with Gasteiger partial charge in [0.05, 0.1) is 17.2 Å². The lowest BCUT2D eigenvalue weighted by molar-refractivity contribution is -0.142. The quantitative estimate of drug-likeness (QED) is 0.851. The SMILES string of the molecule is CC(C)(C(=O)O)c1csc(NCC2CCS(=O)(=O)C2)n1. The zero-order valence-corrected chi connectivity index (χ0v) is 13.1. The predicted octanol–water partition coefficient (Wildman–Crippen LogP) is 1.35. The maximum absolute atomic E-state index is 11.4. The van der Waals surface area contributed by atoms with Crippen LogP contribution >= 0.6 is 11.3 Å². The second-order valence-electron chi connectivity index (χ2n) is 5.62. The minimum Gasteiger partial charge on any atom is -0.481 e. The van der Waals surface area contributed by atoms with Crippen molar-refractivity contribution < 1.29 is 18.3 Å². The molecule has 1 aromatic rings. The molecule has 1 atom stereocenters. The molecule has 6 nitrogen and oxygen atoms in total. The van der Waals surface area contributed by atoms with Crippen LogP contribution in [-0.2, 0) is 20.0 Å². The largest absolute Gasteiger partial charge is 0.481 e. The number of carboxylic acid groups (broad SMARTS) is 1. The van der Waals surface area contributed by atoms with Crippen LogP contribution in [0.5, 0.6) is 0 Å². The van der Waals surface area contributed by atoms with Crippen molar-refractivity contribution in [3.05, 3.63) is 11.1 Å². The van der Waals surface area contributed by atoms with E-state index in [1.807, 2.05) is 0 Å². The summed E-state index contributed by atoms with van der Waals surface area (Å²) in [6.07, 6.45) is 0.675. The third-order valence-electron chi connectivity index (χ3n) is 3.55. The summed E-state index contributed by atoms with van der Waals surface area (Å²) < 4.78 is 22.7. The van der Waals surface area contributed by atoms with Crippen molar-refractivity contribution in [1.29, 1.82) is 0 Å². The van der Waals surface area contributed by atoms with Crippen molar-refractivity contribution in [2.24, 2.45) is 5.92 Å². The fourth-order valence-electron chi connectivity index (χ4n) is 2.02. The molecule has 112 valence electrons. The summed E-state index contributed by atoms with van der Waals surface area (Å²) in [5.74, 6) is -0.330. The van der Waals surface area contributed by atoms with Crippen molar-refractivity contribution in [1.82, 2.24) is 4.98 Å². The highest BCUT2D eigenvalue weighted by Gasteiger charge is 2.32. The molecule has 1 aliphatic rings. The van der Waals surface area contributed by atoms with Crippen LogP contribution in [0, 0.1) is 5.92 Å². The summed E-state index contributed by atoms with van der Waals surface area (Å²) in [6, 6.07) is 0. The van der Waals surface area contributed by atoms with E-state index in [-0.39, 0.29) is 17.4 Å². The Hall–Kier alpha value is -1.15. The molecular formula is C12H18N2O4S2. The molecule has 2 rings (SSSR count). The zero-order chi connectivity index (χ0) is 15.0. The van der Waals surface area contributed by atoms with Gasteiger partial charge in [0.1, 0.15) is 5.41 Å². The molecular weight excluding hydrogens is 300 g/mol. The van der Waals surface area contributed by atoms with Gasteiger partial charge >= 0.3 is 5.97 Å². The summed E-state index contributed by atoms with van der Waals surface area (Å²) in [4.78, 5) is 15.4. The first-order valence-corrected chi connectivity index (χ1v) is 9.04. The molecule has 1 fully saturated rings. The molecule has 0 amide bonds. The molecule has 1 saturated heterocycles.